The average molecular weight is 304 g/mol. The van der Waals surface area contributed by atoms with Crippen molar-refractivity contribution in [1.29, 1.82) is 5.26 Å². The van der Waals surface area contributed by atoms with Crippen LogP contribution in [0.5, 0.6) is 0 Å². The van der Waals surface area contributed by atoms with Crippen LogP contribution in [0.2, 0.25) is 0 Å². The summed E-state index contributed by atoms with van der Waals surface area (Å²) in [6, 6.07) is 8.29. The fourth-order valence-corrected chi connectivity index (χ4v) is 2.67. The van der Waals surface area contributed by atoms with E-state index < -0.39 is 5.60 Å². The number of benzene rings is 1. The highest BCUT2D eigenvalue weighted by molar-refractivity contribution is 5.68. The van der Waals surface area contributed by atoms with Crippen LogP contribution < -0.4 is 0 Å². The Morgan fingerprint density at radius 1 is 1.41 bits per heavy atom. The smallest absolute Gasteiger partial charge is 0.410 e. The summed E-state index contributed by atoms with van der Waals surface area (Å²) in [5.41, 5.74) is 0.265. The first-order chi connectivity index (χ1) is 10.3. The van der Waals surface area contributed by atoms with Crippen LogP contribution in [0.3, 0.4) is 0 Å². The van der Waals surface area contributed by atoms with Gasteiger partial charge in [0.1, 0.15) is 11.4 Å². The van der Waals surface area contributed by atoms with Gasteiger partial charge in [0.15, 0.2) is 0 Å². The van der Waals surface area contributed by atoms with E-state index in [9.17, 15) is 14.4 Å². The molecule has 0 bridgehead atoms. The molecule has 1 aliphatic heterocycles. The second-order valence-corrected chi connectivity index (χ2v) is 6.63. The molecule has 4 nitrogen and oxygen atoms in total. The van der Waals surface area contributed by atoms with Gasteiger partial charge in [0.2, 0.25) is 0 Å². The molecular formula is C17H21FN2O2. The van der Waals surface area contributed by atoms with Crippen molar-refractivity contribution in [3.63, 3.8) is 0 Å². The maximum atomic E-state index is 13.0. The Hall–Kier alpha value is -2.09. The molecular weight excluding hydrogens is 283 g/mol. The fraction of sp³-hybridized carbons (Fsp3) is 0.529. The van der Waals surface area contributed by atoms with Crippen LogP contribution in [0, 0.1) is 23.1 Å². The maximum absolute atomic E-state index is 13.0. The molecule has 0 saturated carbocycles. The zero-order valence-electron chi connectivity index (χ0n) is 13.2. The molecule has 2 atom stereocenters. The van der Waals surface area contributed by atoms with Gasteiger partial charge in [-0.3, -0.25) is 0 Å². The van der Waals surface area contributed by atoms with E-state index in [0.29, 0.717) is 13.1 Å². The average Bonchev–Trinajstić information content (AvgIpc) is 2.89. The van der Waals surface area contributed by atoms with Gasteiger partial charge in [0.05, 0.1) is 12.0 Å². The number of rotatable bonds is 2. The highest BCUT2D eigenvalue weighted by atomic mass is 19.1. The highest BCUT2D eigenvalue weighted by Gasteiger charge is 2.34. The Morgan fingerprint density at radius 2 is 2.05 bits per heavy atom. The Labute approximate surface area is 130 Å². The van der Waals surface area contributed by atoms with Gasteiger partial charge in [0.25, 0.3) is 0 Å². The van der Waals surface area contributed by atoms with Crippen molar-refractivity contribution in [3.05, 3.63) is 35.6 Å². The van der Waals surface area contributed by atoms with E-state index in [2.05, 4.69) is 6.07 Å². The summed E-state index contributed by atoms with van der Waals surface area (Å²) in [6.07, 6.45) is 0.403. The molecule has 0 aromatic heterocycles. The standard InChI is InChI=1S/C17H21FN2O2/c1-17(2,3)22-16(21)20-9-8-13(11-20)15(10-19)12-4-6-14(18)7-5-12/h4-7,13,15H,8-9,11H2,1-3H3. The molecule has 1 fully saturated rings. The lowest BCUT2D eigenvalue weighted by molar-refractivity contribution is 0.0287. The van der Waals surface area contributed by atoms with Crippen molar-refractivity contribution in [2.24, 2.45) is 5.92 Å². The molecule has 2 rings (SSSR count). The Kier molecular flexibility index (Phi) is 4.70. The van der Waals surface area contributed by atoms with Gasteiger partial charge >= 0.3 is 6.09 Å². The molecule has 1 aliphatic rings. The minimum atomic E-state index is -0.527. The minimum absolute atomic E-state index is 0.0444. The number of carbonyl (C=O) groups is 1. The van der Waals surface area contributed by atoms with E-state index in [-0.39, 0.29) is 23.7 Å². The molecule has 1 saturated heterocycles. The van der Waals surface area contributed by atoms with Crippen LogP contribution in [0.25, 0.3) is 0 Å². The predicted molar refractivity (Wildman–Crippen MR) is 80.7 cm³/mol. The van der Waals surface area contributed by atoms with Crippen LogP contribution >= 0.6 is 0 Å². The minimum Gasteiger partial charge on any atom is -0.444 e. The molecule has 1 aromatic carbocycles. The Morgan fingerprint density at radius 3 is 2.59 bits per heavy atom. The third-order valence-electron chi connectivity index (χ3n) is 3.72. The van der Waals surface area contributed by atoms with Crippen LogP contribution in [-0.2, 0) is 4.74 Å². The van der Waals surface area contributed by atoms with Crippen LogP contribution in [0.15, 0.2) is 24.3 Å². The topological polar surface area (TPSA) is 53.3 Å². The lowest BCUT2D eigenvalue weighted by Gasteiger charge is -2.25. The number of nitriles is 1. The fourth-order valence-electron chi connectivity index (χ4n) is 2.67. The first-order valence-corrected chi connectivity index (χ1v) is 7.43. The van der Waals surface area contributed by atoms with E-state index in [4.69, 9.17) is 4.74 Å². The number of hydrogen-bond acceptors (Lipinski definition) is 3. The summed E-state index contributed by atoms with van der Waals surface area (Å²) in [7, 11) is 0. The molecule has 1 aromatic rings. The van der Waals surface area contributed by atoms with Gasteiger partial charge in [0, 0.05) is 13.1 Å². The molecule has 5 heteroatoms. The summed E-state index contributed by atoms with van der Waals surface area (Å²) >= 11 is 0. The SMILES string of the molecule is CC(C)(C)OC(=O)N1CCC(C(C#N)c2ccc(F)cc2)C1. The number of nitrogens with zero attached hydrogens (tertiary/aromatic N) is 2. The quantitative estimate of drug-likeness (QED) is 0.837. The van der Waals surface area contributed by atoms with Gasteiger partial charge < -0.3 is 9.64 Å². The number of ether oxygens (including phenoxy) is 1. The van der Waals surface area contributed by atoms with E-state index in [0.717, 1.165) is 12.0 Å². The van der Waals surface area contributed by atoms with Crippen LogP contribution in [0.1, 0.15) is 38.7 Å². The lowest BCUT2D eigenvalue weighted by atomic mass is 9.86. The summed E-state index contributed by atoms with van der Waals surface area (Å²) in [5, 5.41) is 9.44. The van der Waals surface area contributed by atoms with Gasteiger partial charge in [-0.05, 0) is 50.8 Å². The maximum Gasteiger partial charge on any atom is 0.410 e. The summed E-state index contributed by atoms with van der Waals surface area (Å²) in [6.45, 7) is 6.56. The van der Waals surface area contributed by atoms with Crippen molar-refractivity contribution >= 4 is 6.09 Å². The first kappa shape index (κ1) is 16.3. The van der Waals surface area contributed by atoms with Gasteiger partial charge in [-0.2, -0.15) is 5.26 Å². The zero-order valence-corrected chi connectivity index (χ0v) is 13.2. The van der Waals surface area contributed by atoms with Gasteiger partial charge in [-0.15, -0.1) is 0 Å². The van der Waals surface area contributed by atoms with E-state index >= 15 is 0 Å². The van der Waals surface area contributed by atoms with Crippen LogP contribution in [-0.4, -0.2) is 29.7 Å². The molecule has 0 N–H and O–H groups in total. The van der Waals surface area contributed by atoms with Crippen molar-refractivity contribution in [2.75, 3.05) is 13.1 Å². The second kappa shape index (κ2) is 6.35. The van der Waals surface area contributed by atoms with Crippen molar-refractivity contribution in [3.8, 4) is 6.07 Å². The third kappa shape index (κ3) is 3.97. The monoisotopic (exact) mass is 304 g/mol. The van der Waals surface area contributed by atoms with Gasteiger partial charge in [-0.1, -0.05) is 12.1 Å². The third-order valence-corrected chi connectivity index (χ3v) is 3.72. The van der Waals surface area contributed by atoms with Crippen molar-refractivity contribution < 1.29 is 13.9 Å². The molecule has 0 spiro atoms. The number of likely N-dealkylation sites (tertiary alicyclic amines) is 1. The van der Waals surface area contributed by atoms with Crippen molar-refractivity contribution in [1.82, 2.24) is 4.90 Å². The number of halogens is 1. The molecule has 118 valence electrons. The second-order valence-electron chi connectivity index (χ2n) is 6.63. The predicted octanol–water partition coefficient (Wildman–Crippen LogP) is 3.69. The molecule has 1 amide bonds. The van der Waals surface area contributed by atoms with Crippen LogP contribution in [0.4, 0.5) is 9.18 Å². The molecule has 22 heavy (non-hydrogen) atoms. The van der Waals surface area contributed by atoms with Crippen molar-refractivity contribution in [2.45, 2.75) is 38.7 Å². The normalized spacial score (nSPS) is 19.6. The largest absolute Gasteiger partial charge is 0.444 e. The van der Waals surface area contributed by atoms with Gasteiger partial charge in [-0.25, -0.2) is 9.18 Å². The Balaban J connectivity index is 2.03. The Bertz CT molecular complexity index is 572. The molecule has 0 radical (unpaired) electrons. The lowest BCUT2D eigenvalue weighted by Crippen LogP contribution is -2.35. The molecule has 1 heterocycles. The zero-order chi connectivity index (χ0) is 16.3. The number of amides is 1. The number of hydrogen-bond donors (Lipinski definition) is 0. The summed E-state index contributed by atoms with van der Waals surface area (Å²) in [5.74, 6) is -0.613. The molecule has 0 aliphatic carbocycles. The van der Waals surface area contributed by atoms with E-state index in [1.807, 2.05) is 20.8 Å². The summed E-state index contributed by atoms with van der Waals surface area (Å²) in [4.78, 5) is 13.7. The highest BCUT2D eigenvalue weighted by Crippen LogP contribution is 2.32. The first-order valence-electron chi connectivity index (χ1n) is 7.43. The number of carbonyl (C=O) groups excluding carboxylic acids is 1. The van der Waals surface area contributed by atoms with E-state index in [1.165, 1.54) is 12.1 Å². The molecule has 2 unspecified atom stereocenters. The summed E-state index contributed by atoms with van der Waals surface area (Å²) < 4.78 is 18.4. The van der Waals surface area contributed by atoms with E-state index in [1.54, 1.807) is 17.0 Å².